The second-order valence-corrected chi connectivity index (χ2v) is 12.1. The Labute approximate surface area is 235 Å². The molecule has 2 aliphatic carbocycles. The van der Waals surface area contributed by atoms with Gasteiger partial charge in [-0.1, -0.05) is 104 Å². The maximum absolute atomic E-state index is 9.07. The van der Waals surface area contributed by atoms with Gasteiger partial charge in [0.1, 0.15) is 0 Å². The van der Waals surface area contributed by atoms with Crippen LogP contribution in [0.2, 0.25) is 0 Å². The van der Waals surface area contributed by atoms with Crippen LogP contribution >= 0.6 is 15.9 Å². The average Bonchev–Trinajstić information content (AvgIpc) is 3.70. The third-order valence-corrected chi connectivity index (χ3v) is 9.16. The van der Waals surface area contributed by atoms with Crippen LogP contribution in [-0.4, -0.2) is 43.6 Å². The zero-order valence-corrected chi connectivity index (χ0v) is 23.6. The van der Waals surface area contributed by atoms with E-state index >= 15 is 0 Å². The highest BCUT2D eigenvalue weighted by Gasteiger charge is 2.32. The Morgan fingerprint density at radius 3 is 1.29 bits per heavy atom. The van der Waals surface area contributed by atoms with Crippen LogP contribution < -0.4 is 5.46 Å². The maximum atomic E-state index is 9.07. The van der Waals surface area contributed by atoms with Gasteiger partial charge in [0, 0.05) is 27.4 Å². The van der Waals surface area contributed by atoms with Crippen molar-refractivity contribution in [2.75, 3.05) is 26.4 Å². The molecule has 4 fully saturated rings. The lowest BCUT2D eigenvalue weighted by Gasteiger charge is -2.32. The molecule has 6 rings (SSSR count). The highest BCUT2D eigenvalue weighted by Crippen LogP contribution is 2.37. The van der Waals surface area contributed by atoms with Gasteiger partial charge in [0.25, 0.3) is 0 Å². The lowest BCUT2D eigenvalue weighted by atomic mass is 9.80. The molecule has 0 radical (unpaired) electrons. The molecule has 0 spiro atoms. The second-order valence-electron chi connectivity index (χ2n) is 11.2. The third-order valence-electron chi connectivity index (χ3n) is 8.63. The van der Waals surface area contributed by atoms with Crippen molar-refractivity contribution in [2.24, 2.45) is 23.7 Å². The van der Waals surface area contributed by atoms with Gasteiger partial charge in [0.05, 0.1) is 26.4 Å². The minimum atomic E-state index is -1.43. The van der Waals surface area contributed by atoms with Crippen molar-refractivity contribution in [3.05, 3.63) is 64.1 Å². The standard InChI is InChI=1S/C15H21BO4.C15H19BrO2/c17-16(18)14-7-5-12(6-8-14)15-19-9-13(10-20-15)11-3-1-2-4-11;16-14-7-5-12(6-8-14)15-17-9-13(10-18-15)11-3-1-2-4-11/h5-8,11,13,15,17-18H,1-4,9-10H2;5-8,11,13,15H,1-4,9-10H2. The predicted octanol–water partition coefficient (Wildman–Crippen LogP) is 5.52. The minimum Gasteiger partial charge on any atom is -0.423 e. The third kappa shape index (κ3) is 7.48. The van der Waals surface area contributed by atoms with Crippen LogP contribution in [0.4, 0.5) is 0 Å². The van der Waals surface area contributed by atoms with Crippen LogP contribution in [0.1, 0.15) is 75.1 Å². The molecule has 6 nitrogen and oxygen atoms in total. The molecule has 206 valence electrons. The monoisotopic (exact) mass is 586 g/mol. The van der Waals surface area contributed by atoms with Crippen molar-refractivity contribution >= 4 is 28.5 Å². The zero-order chi connectivity index (χ0) is 26.3. The van der Waals surface area contributed by atoms with E-state index in [0.717, 1.165) is 53.9 Å². The van der Waals surface area contributed by atoms with Gasteiger partial charge >= 0.3 is 7.12 Å². The Bertz CT molecular complexity index is 959. The molecule has 2 N–H and O–H groups in total. The summed E-state index contributed by atoms with van der Waals surface area (Å²) in [5.74, 6) is 2.74. The van der Waals surface area contributed by atoms with E-state index in [1.54, 1.807) is 12.1 Å². The molecule has 2 aromatic carbocycles. The second kappa shape index (κ2) is 13.9. The number of rotatable bonds is 5. The number of halogens is 1. The highest BCUT2D eigenvalue weighted by molar-refractivity contribution is 9.10. The predicted molar refractivity (Wildman–Crippen MR) is 151 cm³/mol. The van der Waals surface area contributed by atoms with Gasteiger partial charge in [-0.2, -0.15) is 0 Å². The molecule has 38 heavy (non-hydrogen) atoms. The summed E-state index contributed by atoms with van der Waals surface area (Å²) in [6.45, 7) is 3.23. The molecule has 2 saturated heterocycles. The van der Waals surface area contributed by atoms with Gasteiger partial charge in [-0.25, -0.2) is 0 Å². The summed E-state index contributed by atoms with van der Waals surface area (Å²) >= 11 is 3.44. The van der Waals surface area contributed by atoms with Gasteiger partial charge in [0.2, 0.25) is 0 Å². The summed E-state index contributed by atoms with van der Waals surface area (Å²) in [4.78, 5) is 0. The van der Waals surface area contributed by atoms with Crippen LogP contribution in [0.15, 0.2) is 53.0 Å². The lowest BCUT2D eigenvalue weighted by Crippen LogP contribution is -2.32. The fraction of sp³-hybridized carbons (Fsp3) is 0.600. The first-order valence-corrected chi connectivity index (χ1v) is 15.0. The Hall–Kier alpha value is -1.26. The average molecular weight is 587 g/mol. The Morgan fingerprint density at radius 2 is 0.921 bits per heavy atom. The van der Waals surface area contributed by atoms with E-state index in [9.17, 15) is 0 Å². The normalized spacial score (nSPS) is 28.6. The summed E-state index contributed by atoms with van der Waals surface area (Å²) in [6, 6.07) is 15.2. The number of hydrogen-bond donors (Lipinski definition) is 2. The van der Waals surface area contributed by atoms with Crippen LogP contribution in [0.25, 0.3) is 0 Å². The topological polar surface area (TPSA) is 77.4 Å². The molecule has 2 heterocycles. The molecule has 8 heteroatoms. The van der Waals surface area contributed by atoms with E-state index in [0.29, 0.717) is 17.3 Å². The van der Waals surface area contributed by atoms with Crippen LogP contribution in [0, 0.1) is 23.7 Å². The minimum absolute atomic E-state index is 0.171. The van der Waals surface area contributed by atoms with Gasteiger partial charge in [-0.3, -0.25) is 0 Å². The van der Waals surface area contributed by atoms with Crippen molar-refractivity contribution in [3.63, 3.8) is 0 Å². The maximum Gasteiger partial charge on any atom is 0.488 e. The first-order valence-electron chi connectivity index (χ1n) is 14.2. The molecular weight excluding hydrogens is 547 g/mol. The van der Waals surface area contributed by atoms with E-state index in [1.165, 1.54) is 51.4 Å². The summed E-state index contributed by atoms with van der Waals surface area (Å²) in [5.41, 5.74) is 2.52. The molecular formula is C30H40BBrO6. The number of ether oxygens (including phenoxy) is 4. The summed E-state index contributed by atoms with van der Waals surface area (Å²) < 4.78 is 24.6. The Balaban J connectivity index is 0.000000156. The van der Waals surface area contributed by atoms with Gasteiger partial charge in [-0.05, 0) is 29.4 Å². The summed E-state index contributed by atoms with van der Waals surface area (Å²) in [6.07, 6.45) is 10.3. The lowest BCUT2D eigenvalue weighted by molar-refractivity contribution is -0.212. The highest BCUT2D eigenvalue weighted by atomic mass is 79.9. The van der Waals surface area contributed by atoms with Crippen molar-refractivity contribution in [3.8, 4) is 0 Å². The molecule has 0 bridgehead atoms. The van der Waals surface area contributed by atoms with E-state index in [1.807, 2.05) is 24.3 Å². The summed E-state index contributed by atoms with van der Waals surface area (Å²) in [5, 5.41) is 18.1. The van der Waals surface area contributed by atoms with Crippen molar-refractivity contribution in [1.29, 1.82) is 0 Å². The molecule has 0 atom stereocenters. The van der Waals surface area contributed by atoms with Gasteiger partial charge < -0.3 is 29.0 Å². The van der Waals surface area contributed by atoms with E-state index in [4.69, 9.17) is 29.0 Å². The van der Waals surface area contributed by atoms with Crippen molar-refractivity contribution in [1.82, 2.24) is 0 Å². The fourth-order valence-electron chi connectivity index (χ4n) is 6.27. The van der Waals surface area contributed by atoms with E-state index in [2.05, 4.69) is 28.1 Å². The van der Waals surface area contributed by atoms with Crippen LogP contribution in [0.5, 0.6) is 0 Å². The van der Waals surface area contributed by atoms with Crippen molar-refractivity contribution in [2.45, 2.75) is 63.9 Å². The van der Waals surface area contributed by atoms with E-state index < -0.39 is 7.12 Å². The first kappa shape index (κ1) is 28.3. The largest absolute Gasteiger partial charge is 0.488 e. The van der Waals surface area contributed by atoms with Gasteiger partial charge in [0.15, 0.2) is 12.6 Å². The number of benzene rings is 2. The van der Waals surface area contributed by atoms with Crippen LogP contribution in [-0.2, 0) is 18.9 Å². The molecule has 0 aromatic heterocycles. The SMILES string of the molecule is Brc1ccc(C2OCC(C3CCCC3)CO2)cc1.OB(O)c1ccc(C2OCC(C3CCCC3)CO2)cc1. The van der Waals surface area contributed by atoms with Gasteiger partial charge in [-0.15, -0.1) is 0 Å². The quantitative estimate of drug-likeness (QED) is 0.449. The summed E-state index contributed by atoms with van der Waals surface area (Å²) in [7, 11) is -1.43. The fourth-order valence-corrected chi connectivity index (χ4v) is 6.53. The zero-order valence-electron chi connectivity index (χ0n) is 22.1. The Kier molecular flexibility index (Phi) is 10.3. The molecule has 2 aliphatic heterocycles. The molecule has 4 aliphatic rings. The first-order chi connectivity index (χ1) is 18.6. The number of hydrogen-bond acceptors (Lipinski definition) is 6. The molecule has 0 amide bonds. The van der Waals surface area contributed by atoms with Crippen molar-refractivity contribution < 1.29 is 29.0 Å². The smallest absolute Gasteiger partial charge is 0.423 e. The Morgan fingerprint density at radius 1 is 0.553 bits per heavy atom. The molecule has 2 aromatic rings. The molecule has 2 saturated carbocycles. The van der Waals surface area contributed by atoms with E-state index in [-0.39, 0.29) is 12.6 Å². The van der Waals surface area contributed by atoms with Crippen LogP contribution in [0.3, 0.4) is 0 Å². The molecule has 0 unspecified atom stereocenters.